The lowest BCUT2D eigenvalue weighted by Crippen LogP contribution is -2.36. The van der Waals surface area contributed by atoms with Gasteiger partial charge in [-0.15, -0.1) is 0 Å². The molecule has 1 aromatic rings. The zero-order chi connectivity index (χ0) is 17.4. The lowest BCUT2D eigenvalue weighted by atomic mass is 9.81. The standard InChI is InChI=1S/C18H26N2O4/c1-23-12-11-19-17(21)13-7-9-14(10-8-13)18(22)20-15-5-3-4-6-16(15)24-2/h3-6,13-14H,7-12H2,1-2H3,(H,19,21)(H,20,22). The number of ether oxygens (including phenoxy) is 2. The van der Waals surface area contributed by atoms with Gasteiger partial charge in [0.15, 0.2) is 0 Å². The molecule has 0 atom stereocenters. The van der Waals surface area contributed by atoms with E-state index in [9.17, 15) is 9.59 Å². The third-order valence-corrected chi connectivity index (χ3v) is 4.44. The van der Waals surface area contributed by atoms with Crippen LogP contribution in [0, 0.1) is 11.8 Å². The Balaban J connectivity index is 1.81. The number of para-hydroxylation sites is 2. The first-order valence-electron chi connectivity index (χ1n) is 8.36. The molecule has 1 fully saturated rings. The highest BCUT2D eigenvalue weighted by atomic mass is 16.5. The van der Waals surface area contributed by atoms with Crippen molar-refractivity contribution in [2.24, 2.45) is 11.8 Å². The summed E-state index contributed by atoms with van der Waals surface area (Å²) in [6, 6.07) is 7.36. The quantitative estimate of drug-likeness (QED) is 0.750. The number of rotatable bonds is 7. The molecule has 0 aliphatic heterocycles. The van der Waals surface area contributed by atoms with E-state index in [1.54, 1.807) is 14.2 Å². The van der Waals surface area contributed by atoms with E-state index in [4.69, 9.17) is 9.47 Å². The highest BCUT2D eigenvalue weighted by Gasteiger charge is 2.30. The molecule has 0 spiro atoms. The Morgan fingerprint density at radius 1 is 1.04 bits per heavy atom. The third kappa shape index (κ3) is 4.96. The molecule has 0 unspecified atom stereocenters. The Morgan fingerprint density at radius 2 is 1.67 bits per heavy atom. The first kappa shape index (κ1) is 18.3. The fourth-order valence-electron chi connectivity index (χ4n) is 3.02. The number of anilines is 1. The van der Waals surface area contributed by atoms with E-state index in [2.05, 4.69) is 10.6 Å². The molecule has 1 aliphatic carbocycles. The van der Waals surface area contributed by atoms with E-state index in [1.807, 2.05) is 24.3 Å². The van der Waals surface area contributed by atoms with Gasteiger partial charge < -0.3 is 20.1 Å². The average Bonchev–Trinajstić information content (AvgIpc) is 2.62. The molecule has 2 N–H and O–H groups in total. The molecule has 6 nitrogen and oxygen atoms in total. The van der Waals surface area contributed by atoms with Crippen LogP contribution in [0.1, 0.15) is 25.7 Å². The molecule has 0 bridgehead atoms. The van der Waals surface area contributed by atoms with E-state index >= 15 is 0 Å². The predicted molar refractivity (Wildman–Crippen MR) is 92.0 cm³/mol. The van der Waals surface area contributed by atoms with Gasteiger partial charge in [-0.3, -0.25) is 9.59 Å². The Hall–Kier alpha value is -2.08. The number of carbonyl (C=O) groups excluding carboxylic acids is 2. The summed E-state index contributed by atoms with van der Waals surface area (Å²) in [4.78, 5) is 24.5. The van der Waals surface area contributed by atoms with Gasteiger partial charge in [0.1, 0.15) is 5.75 Å². The monoisotopic (exact) mass is 334 g/mol. The van der Waals surface area contributed by atoms with E-state index in [-0.39, 0.29) is 23.7 Å². The number of amides is 2. The van der Waals surface area contributed by atoms with Crippen LogP contribution in [0.2, 0.25) is 0 Å². The Labute approximate surface area is 142 Å². The minimum absolute atomic E-state index is 0.00209. The Morgan fingerprint density at radius 3 is 2.29 bits per heavy atom. The Bertz CT molecular complexity index is 554. The van der Waals surface area contributed by atoms with Crippen LogP contribution < -0.4 is 15.4 Å². The highest BCUT2D eigenvalue weighted by Crippen LogP contribution is 2.31. The minimum Gasteiger partial charge on any atom is -0.495 e. The summed E-state index contributed by atoms with van der Waals surface area (Å²) < 4.78 is 10.2. The van der Waals surface area contributed by atoms with E-state index < -0.39 is 0 Å². The van der Waals surface area contributed by atoms with Crippen molar-refractivity contribution in [1.82, 2.24) is 5.32 Å². The van der Waals surface area contributed by atoms with Crippen molar-refractivity contribution in [2.45, 2.75) is 25.7 Å². The molecular formula is C18H26N2O4. The van der Waals surface area contributed by atoms with Crippen molar-refractivity contribution < 1.29 is 19.1 Å². The first-order chi connectivity index (χ1) is 11.7. The van der Waals surface area contributed by atoms with Crippen molar-refractivity contribution in [3.63, 3.8) is 0 Å². The summed E-state index contributed by atoms with van der Waals surface area (Å²) >= 11 is 0. The van der Waals surface area contributed by atoms with Crippen LogP contribution in [0.3, 0.4) is 0 Å². The Kier molecular flexibility index (Phi) is 7.06. The molecular weight excluding hydrogens is 308 g/mol. The summed E-state index contributed by atoms with van der Waals surface area (Å²) in [5.74, 6) is 0.653. The van der Waals surface area contributed by atoms with E-state index in [0.29, 0.717) is 24.6 Å². The molecule has 0 heterocycles. The van der Waals surface area contributed by atoms with Gasteiger partial charge in [-0.05, 0) is 37.8 Å². The normalized spacial score (nSPS) is 20.2. The maximum absolute atomic E-state index is 12.4. The zero-order valence-electron chi connectivity index (χ0n) is 14.3. The van der Waals surface area contributed by atoms with Gasteiger partial charge in [-0.2, -0.15) is 0 Å². The molecule has 0 saturated heterocycles. The van der Waals surface area contributed by atoms with Crippen LogP contribution in [0.4, 0.5) is 5.69 Å². The largest absolute Gasteiger partial charge is 0.495 e. The molecule has 0 aromatic heterocycles. The molecule has 2 amide bonds. The second-order valence-electron chi connectivity index (χ2n) is 6.02. The molecule has 24 heavy (non-hydrogen) atoms. The van der Waals surface area contributed by atoms with Crippen LogP contribution in [0.5, 0.6) is 5.75 Å². The van der Waals surface area contributed by atoms with Gasteiger partial charge in [0.2, 0.25) is 11.8 Å². The first-order valence-corrected chi connectivity index (χ1v) is 8.36. The van der Waals surface area contributed by atoms with Crippen LogP contribution in [0.25, 0.3) is 0 Å². The number of carbonyl (C=O) groups is 2. The van der Waals surface area contributed by atoms with Crippen LogP contribution in [-0.4, -0.2) is 39.2 Å². The SMILES string of the molecule is COCCNC(=O)C1CCC(C(=O)Nc2ccccc2OC)CC1. The lowest BCUT2D eigenvalue weighted by molar-refractivity contribution is -0.128. The maximum atomic E-state index is 12.4. The topological polar surface area (TPSA) is 76.7 Å². The van der Waals surface area contributed by atoms with Gasteiger partial charge in [-0.25, -0.2) is 0 Å². The van der Waals surface area contributed by atoms with E-state index in [0.717, 1.165) is 25.7 Å². The van der Waals surface area contributed by atoms with Crippen molar-refractivity contribution >= 4 is 17.5 Å². The van der Waals surface area contributed by atoms with Crippen LogP contribution >= 0.6 is 0 Å². The summed E-state index contributed by atoms with van der Waals surface area (Å²) in [7, 11) is 3.19. The molecule has 1 saturated carbocycles. The zero-order valence-corrected chi connectivity index (χ0v) is 14.3. The maximum Gasteiger partial charge on any atom is 0.227 e. The summed E-state index contributed by atoms with van der Waals surface area (Å²) in [5, 5.41) is 5.81. The van der Waals surface area contributed by atoms with Gasteiger partial charge in [-0.1, -0.05) is 12.1 Å². The number of hydrogen-bond donors (Lipinski definition) is 2. The van der Waals surface area contributed by atoms with Crippen molar-refractivity contribution in [1.29, 1.82) is 0 Å². The lowest BCUT2D eigenvalue weighted by Gasteiger charge is -2.27. The second-order valence-corrected chi connectivity index (χ2v) is 6.02. The number of hydrogen-bond acceptors (Lipinski definition) is 4. The second kappa shape index (κ2) is 9.27. The van der Waals surface area contributed by atoms with Crippen molar-refractivity contribution in [3.05, 3.63) is 24.3 Å². The summed E-state index contributed by atoms with van der Waals surface area (Å²) in [6.45, 7) is 1.05. The summed E-state index contributed by atoms with van der Waals surface area (Å²) in [5.41, 5.74) is 0.685. The molecule has 6 heteroatoms. The molecule has 0 radical (unpaired) electrons. The number of benzene rings is 1. The third-order valence-electron chi connectivity index (χ3n) is 4.44. The average molecular weight is 334 g/mol. The fourth-order valence-corrected chi connectivity index (χ4v) is 3.02. The molecule has 1 aliphatic rings. The van der Waals surface area contributed by atoms with Gasteiger partial charge in [0, 0.05) is 25.5 Å². The molecule has 132 valence electrons. The minimum atomic E-state index is -0.0575. The fraction of sp³-hybridized carbons (Fsp3) is 0.556. The summed E-state index contributed by atoms with van der Waals surface area (Å²) in [6.07, 6.45) is 2.93. The number of nitrogens with one attached hydrogen (secondary N) is 2. The van der Waals surface area contributed by atoms with Crippen molar-refractivity contribution in [2.75, 3.05) is 32.7 Å². The molecule has 2 rings (SSSR count). The van der Waals surface area contributed by atoms with Gasteiger partial charge in [0.25, 0.3) is 0 Å². The van der Waals surface area contributed by atoms with E-state index in [1.165, 1.54) is 0 Å². The van der Waals surface area contributed by atoms with Crippen molar-refractivity contribution in [3.8, 4) is 5.75 Å². The predicted octanol–water partition coefficient (Wildman–Crippen LogP) is 2.20. The highest BCUT2D eigenvalue weighted by molar-refractivity contribution is 5.94. The smallest absolute Gasteiger partial charge is 0.227 e. The van der Waals surface area contributed by atoms with Gasteiger partial charge in [0.05, 0.1) is 19.4 Å². The molecule has 1 aromatic carbocycles. The number of methoxy groups -OCH3 is 2. The van der Waals surface area contributed by atoms with Gasteiger partial charge >= 0.3 is 0 Å². The van der Waals surface area contributed by atoms with Crippen LogP contribution in [0.15, 0.2) is 24.3 Å². The van der Waals surface area contributed by atoms with Crippen LogP contribution in [-0.2, 0) is 14.3 Å².